The van der Waals surface area contributed by atoms with E-state index in [1.807, 2.05) is 0 Å². The Labute approximate surface area is 181 Å². The summed E-state index contributed by atoms with van der Waals surface area (Å²) in [6.45, 7) is 7.61. The molecule has 0 fully saturated rings. The van der Waals surface area contributed by atoms with Crippen LogP contribution in [0.1, 0.15) is 56.6 Å². The third-order valence-electron chi connectivity index (χ3n) is 4.05. The molecule has 0 saturated carbocycles. The van der Waals surface area contributed by atoms with Crippen molar-refractivity contribution >= 4 is 23.8 Å². The standard InChI is InChI=1S/C21H30N2O8/c1-6-7-16(24)29-11-15(21(28)31-14(5)10-30-20(27)12(2)3)23-19(26)17-18(25)13(4)8-9-22-17/h8-9,12,14-15,25H,6-7,10-11H2,1-5H3,(H,23,26). The second kappa shape index (κ2) is 12.5. The van der Waals surface area contributed by atoms with Crippen molar-refractivity contribution in [1.82, 2.24) is 10.3 Å². The number of hydrogen-bond acceptors (Lipinski definition) is 9. The molecular weight excluding hydrogens is 408 g/mol. The molecule has 2 unspecified atom stereocenters. The molecule has 10 nitrogen and oxygen atoms in total. The molecule has 2 N–H and O–H groups in total. The molecule has 0 spiro atoms. The van der Waals surface area contributed by atoms with Gasteiger partial charge in [-0.05, 0) is 31.9 Å². The molecule has 0 aliphatic rings. The van der Waals surface area contributed by atoms with Crippen LogP contribution in [0.15, 0.2) is 12.3 Å². The van der Waals surface area contributed by atoms with Crippen LogP contribution in [0.25, 0.3) is 0 Å². The molecule has 2 atom stereocenters. The number of rotatable bonds is 11. The molecule has 1 heterocycles. The van der Waals surface area contributed by atoms with Crippen LogP contribution in [0.5, 0.6) is 5.75 Å². The summed E-state index contributed by atoms with van der Waals surface area (Å²) in [4.78, 5) is 52.2. The van der Waals surface area contributed by atoms with E-state index >= 15 is 0 Å². The molecule has 0 bridgehead atoms. The molecule has 0 aromatic carbocycles. The minimum Gasteiger partial charge on any atom is -0.505 e. The van der Waals surface area contributed by atoms with Crippen LogP contribution < -0.4 is 5.32 Å². The van der Waals surface area contributed by atoms with E-state index in [2.05, 4.69) is 10.3 Å². The van der Waals surface area contributed by atoms with E-state index in [4.69, 9.17) is 14.2 Å². The highest BCUT2D eigenvalue weighted by molar-refractivity contribution is 5.97. The summed E-state index contributed by atoms with van der Waals surface area (Å²) in [7, 11) is 0. The largest absolute Gasteiger partial charge is 0.505 e. The van der Waals surface area contributed by atoms with E-state index in [1.165, 1.54) is 19.2 Å². The highest BCUT2D eigenvalue weighted by atomic mass is 16.6. The van der Waals surface area contributed by atoms with Gasteiger partial charge >= 0.3 is 17.9 Å². The van der Waals surface area contributed by atoms with Crippen LogP contribution in [0, 0.1) is 12.8 Å². The topological polar surface area (TPSA) is 141 Å². The van der Waals surface area contributed by atoms with Crippen LogP contribution in [-0.2, 0) is 28.6 Å². The monoisotopic (exact) mass is 438 g/mol. The summed E-state index contributed by atoms with van der Waals surface area (Å²) < 4.78 is 15.3. The smallest absolute Gasteiger partial charge is 0.332 e. The van der Waals surface area contributed by atoms with Gasteiger partial charge in [-0.2, -0.15) is 0 Å². The number of carbonyl (C=O) groups excluding carboxylic acids is 4. The number of esters is 3. The lowest BCUT2D eigenvalue weighted by molar-refractivity contribution is -0.163. The van der Waals surface area contributed by atoms with Crippen LogP contribution in [0.3, 0.4) is 0 Å². The van der Waals surface area contributed by atoms with E-state index in [9.17, 15) is 24.3 Å². The first kappa shape index (κ1) is 25.9. The summed E-state index contributed by atoms with van der Waals surface area (Å²) in [5.74, 6) is -3.37. The Kier molecular flexibility index (Phi) is 10.4. The Bertz CT molecular complexity index is 794. The fraction of sp³-hybridized carbons (Fsp3) is 0.571. The number of aromatic nitrogens is 1. The maximum absolute atomic E-state index is 12.6. The summed E-state index contributed by atoms with van der Waals surface area (Å²) in [5.41, 5.74) is 0.144. The molecule has 1 rings (SSSR count). The number of nitrogens with zero attached hydrogens (tertiary/aromatic N) is 1. The average molecular weight is 438 g/mol. The Morgan fingerprint density at radius 3 is 2.39 bits per heavy atom. The fourth-order valence-corrected chi connectivity index (χ4v) is 2.25. The number of ether oxygens (including phenoxy) is 3. The second-order valence-electron chi connectivity index (χ2n) is 7.32. The zero-order chi connectivity index (χ0) is 23.6. The molecule has 31 heavy (non-hydrogen) atoms. The normalized spacial score (nSPS) is 12.6. The van der Waals surface area contributed by atoms with Gasteiger partial charge in [-0.25, -0.2) is 9.78 Å². The minimum atomic E-state index is -1.35. The maximum Gasteiger partial charge on any atom is 0.332 e. The number of aromatic hydroxyl groups is 1. The molecule has 1 amide bonds. The predicted molar refractivity (Wildman–Crippen MR) is 109 cm³/mol. The summed E-state index contributed by atoms with van der Waals surface area (Å²) in [5, 5.41) is 12.4. The van der Waals surface area contributed by atoms with Crippen molar-refractivity contribution in [3.63, 3.8) is 0 Å². The van der Waals surface area contributed by atoms with Crippen LogP contribution in [0.2, 0.25) is 0 Å². The molecule has 1 aromatic heterocycles. The van der Waals surface area contributed by atoms with E-state index in [1.54, 1.807) is 27.7 Å². The van der Waals surface area contributed by atoms with Gasteiger partial charge in [0.15, 0.2) is 11.7 Å². The van der Waals surface area contributed by atoms with Gasteiger partial charge in [0, 0.05) is 12.6 Å². The molecule has 0 radical (unpaired) electrons. The van der Waals surface area contributed by atoms with Crippen molar-refractivity contribution in [2.24, 2.45) is 5.92 Å². The van der Waals surface area contributed by atoms with Gasteiger partial charge in [0.2, 0.25) is 0 Å². The number of nitrogens with one attached hydrogen (secondary N) is 1. The first-order chi connectivity index (χ1) is 14.6. The number of amides is 1. The first-order valence-corrected chi connectivity index (χ1v) is 10.0. The molecule has 172 valence electrons. The van der Waals surface area contributed by atoms with Gasteiger partial charge < -0.3 is 24.6 Å². The Morgan fingerprint density at radius 2 is 1.77 bits per heavy atom. The number of pyridine rings is 1. The van der Waals surface area contributed by atoms with Gasteiger partial charge in [-0.1, -0.05) is 20.8 Å². The van der Waals surface area contributed by atoms with E-state index in [-0.39, 0.29) is 30.4 Å². The van der Waals surface area contributed by atoms with Crippen molar-refractivity contribution in [1.29, 1.82) is 0 Å². The number of hydrogen-bond donors (Lipinski definition) is 2. The van der Waals surface area contributed by atoms with Crippen molar-refractivity contribution in [3.8, 4) is 5.75 Å². The molecular formula is C21H30N2O8. The molecule has 0 aliphatic heterocycles. The zero-order valence-corrected chi connectivity index (χ0v) is 18.5. The molecule has 1 aromatic rings. The number of carbonyl (C=O) groups is 4. The number of aryl methyl sites for hydroxylation is 1. The third-order valence-corrected chi connectivity index (χ3v) is 4.05. The van der Waals surface area contributed by atoms with E-state index in [0.717, 1.165) is 0 Å². The quantitative estimate of drug-likeness (QED) is 0.390. The Hall–Kier alpha value is -3.17. The lowest BCUT2D eigenvalue weighted by atomic mass is 10.2. The Balaban J connectivity index is 2.85. The van der Waals surface area contributed by atoms with E-state index in [0.29, 0.717) is 12.0 Å². The molecule has 0 aliphatic carbocycles. The third kappa shape index (κ3) is 8.61. The predicted octanol–water partition coefficient (Wildman–Crippen LogP) is 1.67. The lowest BCUT2D eigenvalue weighted by Crippen LogP contribution is -2.46. The van der Waals surface area contributed by atoms with Gasteiger partial charge in [0.1, 0.15) is 25.1 Å². The van der Waals surface area contributed by atoms with Crippen molar-refractivity contribution in [2.45, 2.75) is 59.6 Å². The lowest BCUT2D eigenvalue weighted by Gasteiger charge is -2.21. The van der Waals surface area contributed by atoms with Gasteiger partial charge in [0.25, 0.3) is 5.91 Å². The van der Waals surface area contributed by atoms with Crippen LogP contribution in [-0.4, -0.2) is 59.3 Å². The highest BCUT2D eigenvalue weighted by Crippen LogP contribution is 2.19. The fourth-order valence-electron chi connectivity index (χ4n) is 2.25. The van der Waals surface area contributed by atoms with Crippen molar-refractivity contribution < 1.29 is 38.5 Å². The SMILES string of the molecule is CCCC(=O)OCC(NC(=O)c1nccc(C)c1O)C(=O)OC(C)COC(=O)C(C)C. The minimum absolute atomic E-state index is 0.150. The molecule has 0 saturated heterocycles. The maximum atomic E-state index is 12.6. The summed E-state index contributed by atoms with van der Waals surface area (Å²) >= 11 is 0. The van der Waals surface area contributed by atoms with Gasteiger partial charge in [-0.3, -0.25) is 14.4 Å². The van der Waals surface area contributed by atoms with Crippen molar-refractivity contribution in [3.05, 3.63) is 23.5 Å². The first-order valence-electron chi connectivity index (χ1n) is 10.0. The Morgan fingerprint density at radius 1 is 1.10 bits per heavy atom. The molecule has 10 heteroatoms. The van der Waals surface area contributed by atoms with Crippen LogP contribution in [0.4, 0.5) is 0 Å². The average Bonchev–Trinajstić information content (AvgIpc) is 2.71. The van der Waals surface area contributed by atoms with Crippen molar-refractivity contribution in [2.75, 3.05) is 13.2 Å². The highest BCUT2D eigenvalue weighted by Gasteiger charge is 2.28. The van der Waals surface area contributed by atoms with Gasteiger partial charge in [0.05, 0.1) is 5.92 Å². The van der Waals surface area contributed by atoms with Crippen LogP contribution >= 0.6 is 0 Å². The summed E-state index contributed by atoms with van der Waals surface area (Å²) in [6, 6.07) is 0.170. The van der Waals surface area contributed by atoms with E-state index < -0.39 is 42.6 Å². The summed E-state index contributed by atoms with van der Waals surface area (Å²) in [6.07, 6.45) is 1.24. The zero-order valence-electron chi connectivity index (χ0n) is 18.5. The second-order valence-corrected chi connectivity index (χ2v) is 7.32. The van der Waals surface area contributed by atoms with Gasteiger partial charge in [-0.15, -0.1) is 0 Å².